The molecule has 200 valence electrons. The Morgan fingerprint density at radius 2 is 1.73 bits per heavy atom. The molecule has 0 saturated heterocycles. The minimum Gasteiger partial charge on any atom is -0.476 e. The number of rotatable bonds is 6. The molecule has 0 radical (unpaired) electrons. The maximum absolute atomic E-state index is 15.3. The van der Waals surface area contributed by atoms with Gasteiger partial charge in [0.1, 0.15) is 17.4 Å². The molecule has 2 aromatic carbocycles. The van der Waals surface area contributed by atoms with E-state index in [-0.39, 0.29) is 48.1 Å². The van der Waals surface area contributed by atoms with Gasteiger partial charge < -0.3 is 20.3 Å². The Morgan fingerprint density at radius 1 is 1.05 bits per heavy atom. The third kappa shape index (κ3) is 4.91. The molecule has 6 nitrogen and oxygen atoms in total. The van der Waals surface area contributed by atoms with Gasteiger partial charge in [0, 0.05) is 43.7 Å². The van der Waals surface area contributed by atoms with Gasteiger partial charge in [-0.15, -0.1) is 0 Å². The van der Waals surface area contributed by atoms with Gasteiger partial charge in [-0.2, -0.15) is 0 Å². The zero-order chi connectivity index (χ0) is 27.1. The second-order valence-electron chi connectivity index (χ2n) is 9.99. The van der Waals surface area contributed by atoms with Crippen LogP contribution in [-0.2, 0) is 4.79 Å². The molecule has 0 bridgehead atoms. The monoisotopic (exact) mass is 521 g/mol. The quantitative estimate of drug-likeness (QED) is 0.434. The van der Waals surface area contributed by atoms with E-state index in [9.17, 15) is 22.8 Å². The van der Waals surface area contributed by atoms with E-state index in [1.165, 1.54) is 15.9 Å². The number of amides is 2. The summed E-state index contributed by atoms with van der Waals surface area (Å²) < 4.78 is 63.4. The summed E-state index contributed by atoms with van der Waals surface area (Å²) in [6, 6.07) is 3.18. The highest BCUT2D eigenvalue weighted by atomic mass is 19.2. The number of nitrogens with zero attached hydrogens (tertiary/aromatic N) is 2. The number of ether oxygens (including phenoxy) is 1. The van der Waals surface area contributed by atoms with Crippen LogP contribution in [-0.4, -0.2) is 48.0 Å². The van der Waals surface area contributed by atoms with Crippen LogP contribution in [0.4, 0.5) is 23.2 Å². The number of carbonyl (C=O) groups is 2. The first kappa shape index (κ1) is 26.9. The van der Waals surface area contributed by atoms with Gasteiger partial charge in [0.2, 0.25) is 0 Å². The fraction of sp³-hybridized carbons (Fsp3) is 0.481. The molecule has 0 unspecified atom stereocenters. The lowest BCUT2D eigenvalue weighted by Gasteiger charge is -2.41. The Balaban J connectivity index is 1.73. The highest BCUT2D eigenvalue weighted by Crippen LogP contribution is 2.41. The Kier molecular flexibility index (Phi) is 7.50. The van der Waals surface area contributed by atoms with Crippen molar-refractivity contribution in [3.63, 3.8) is 0 Å². The SMILES string of the molecule is CCN(C(=O)c1cc2c(cc1F)OC(C)(C)C(=O)N2CCN)[C@@H]1CCCC[C@H]1c1cc(F)c(F)cc1F. The molecular weight excluding hydrogens is 490 g/mol. The zero-order valence-corrected chi connectivity index (χ0v) is 21.1. The van der Waals surface area contributed by atoms with Crippen molar-refractivity contribution in [3.8, 4) is 5.75 Å². The van der Waals surface area contributed by atoms with Crippen molar-refractivity contribution in [1.29, 1.82) is 0 Å². The van der Waals surface area contributed by atoms with Crippen molar-refractivity contribution >= 4 is 17.5 Å². The fourth-order valence-corrected chi connectivity index (χ4v) is 5.46. The second kappa shape index (κ2) is 10.3. The lowest BCUT2D eigenvalue weighted by molar-refractivity contribution is -0.132. The fourth-order valence-electron chi connectivity index (χ4n) is 5.46. The summed E-state index contributed by atoms with van der Waals surface area (Å²) in [6.45, 7) is 5.33. The zero-order valence-electron chi connectivity index (χ0n) is 21.1. The number of benzene rings is 2. The van der Waals surface area contributed by atoms with Crippen LogP contribution in [0.25, 0.3) is 0 Å². The van der Waals surface area contributed by atoms with Crippen molar-refractivity contribution in [2.75, 3.05) is 24.5 Å². The number of fused-ring (bicyclic) bond motifs is 1. The molecule has 10 heteroatoms. The van der Waals surface area contributed by atoms with E-state index in [1.807, 2.05) is 0 Å². The average Bonchev–Trinajstić information content (AvgIpc) is 2.84. The number of anilines is 1. The summed E-state index contributed by atoms with van der Waals surface area (Å²) in [5, 5.41) is 0. The largest absolute Gasteiger partial charge is 0.476 e. The topological polar surface area (TPSA) is 75.9 Å². The second-order valence-corrected chi connectivity index (χ2v) is 9.99. The summed E-state index contributed by atoms with van der Waals surface area (Å²) in [4.78, 5) is 29.5. The maximum atomic E-state index is 15.3. The minimum atomic E-state index is -1.28. The lowest BCUT2D eigenvalue weighted by Crippen LogP contribution is -2.53. The van der Waals surface area contributed by atoms with E-state index in [4.69, 9.17) is 10.5 Å². The first-order valence-electron chi connectivity index (χ1n) is 12.5. The third-order valence-electron chi connectivity index (χ3n) is 7.22. The molecule has 1 aliphatic heterocycles. The molecule has 1 fully saturated rings. The molecule has 1 saturated carbocycles. The first-order chi connectivity index (χ1) is 17.5. The van der Waals surface area contributed by atoms with Gasteiger partial charge in [-0.25, -0.2) is 17.6 Å². The molecule has 1 aliphatic carbocycles. The number of carbonyl (C=O) groups excluding carboxylic acids is 2. The molecule has 2 aromatic rings. The van der Waals surface area contributed by atoms with E-state index in [0.29, 0.717) is 18.9 Å². The van der Waals surface area contributed by atoms with Crippen molar-refractivity contribution in [2.45, 2.75) is 64.0 Å². The first-order valence-corrected chi connectivity index (χ1v) is 12.5. The van der Waals surface area contributed by atoms with Crippen LogP contribution >= 0.6 is 0 Å². The summed E-state index contributed by atoms with van der Waals surface area (Å²) in [7, 11) is 0. The molecule has 37 heavy (non-hydrogen) atoms. The van der Waals surface area contributed by atoms with Crippen molar-refractivity contribution in [2.24, 2.45) is 5.73 Å². The van der Waals surface area contributed by atoms with Crippen LogP contribution in [0.5, 0.6) is 5.75 Å². The maximum Gasteiger partial charge on any atom is 0.270 e. The van der Waals surface area contributed by atoms with Gasteiger partial charge in [0.25, 0.3) is 11.8 Å². The number of hydrogen-bond acceptors (Lipinski definition) is 4. The van der Waals surface area contributed by atoms with E-state index >= 15 is 4.39 Å². The third-order valence-corrected chi connectivity index (χ3v) is 7.22. The average molecular weight is 522 g/mol. The van der Waals surface area contributed by atoms with Gasteiger partial charge in [-0.3, -0.25) is 9.59 Å². The van der Waals surface area contributed by atoms with Gasteiger partial charge >= 0.3 is 0 Å². The summed E-state index contributed by atoms with van der Waals surface area (Å²) in [5.41, 5.74) is 4.43. The Hall–Kier alpha value is -3.14. The van der Waals surface area contributed by atoms with Gasteiger partial charge in [-0.05, 0) is 51.3 Å². The molecule has 2 amide bonds. The minimum absolute atomic E-state index is 0.00360. The predicted octanol–water partition coefficient (Wildman–Crippen LogP) is 4.89. The van der Waals surface area contributed by atoms with Crippen LogP contribution in [0.1, 0.15) is 68.3 Å². The van der Waals surface area contributed by atoms with Gasteiger partial charge in [0.15, 0.2) is 17.2 Å². The highest BCUT2D eigenvalue weighted by Gasteiger charge is 2.42. The van der Waals surface area contributed by atoms with Gasteiger partial charge in [-0.1, -0.05) is 12.8 Å². The number of halogens is 4. The Labute approximate surface area is 213 Å². The number of likely N-dealkylation sites (N-methyl/N-ethyl adjacent to an activating group) is 1. The molecule has 2 atom stereocenters. The molecule has 2 aliphatic rings. The molecule has 0 aromatic heterocycles. The molecule has 1 heterocycles. The van der Waals surface area contributed by atoms with Crippen molar-refractivity contribution < 1.29 is 31.9 Å². The molecule has 4 rings (SSSR count). The highest BCUT2D eigenvalue weighted by molar-refractivity contribution is 6.04. The standard InChI is InChI=1S/C27H31F4N3O3/c1-4-33(22-8-6-5-7-15(22)16-11-20(30)21(31)13-18(16)28)25(35)17-12-23-24(14-19(17)29)37-27(2,3)26(36)34(23)10-9-32/h11-15,22H,4-10,32H2,1-3H3/t15-,22+/m0/s1. The van der Waals surface area contributed by atoms with E-state index in [0.717, 1.165) is 25.0 Å². The van der Waals surface area contributed by atoms with Crippen LogP contribution < -0.4 is 15.4 Å². The summed E-state index contributed by atoms with van der Waals surface area (Å²) in [5.74, 6) is -5.64. The van der Waals surface area contributed by atoms with E-state index < -0.39 is 46.7 Å². The Bertz CT molecular complexity index is 1220. The van der Waals surface area contributed by atoms with Crippen molar-refractivity contribution in [1.82, 2.24) is 4.90 Å². The Morgan fingerprint density at radius 3 is 2.41 bits per heavy atom. The number of hydrogen-bond donors (Lipinski definition) is 1. The molecular formula is C27H31F4N3O3. The van der Waals surface area contributed by atoms with Crippen molar-refractivity contribution in [3.05, 3.63) is 58.7 Å². The summed E-state index contributed by atoms with van der Waals surface area (Å²) in [6.07, 6.45) is 2.42. The summed E-state index contributed by atoms with van der Waals surface area (Å²) >= 11 is 0. The molecule has 2 N–H and O–H groups in total. The van der Waals surface area contributed by atoms with Crippen LogP contribution in [0, 0.1) is 23.3 Å². The normalized spacial score (nSPS) is 20.9. The molecule has 0 spiro atoms. The van der Waals surface area contributed by atoms with E-state index in [1.54, 1.807) is 20.8 Å². The van der Waals surface area contributed by atoms with Crippen LogP contribution in [0.3, 0.4) is 0 Å². The smallest absolute Gasteiger partial charge is 0.270 e. The predicted molar refractivity (Wildman–Crippen MR) is 131 cm³/mol. The lowest BCUT2D eigenvalue weighted by atomic mass is 9.78. The number of nitrogens with two attached hydrogens (primary N) is 1. The van der Waals surface area contributed by atoms with E-state index in [2.05, 4.69) is 0 Å². The van der Waals surface area contributed by atoms with Gasteiger partial charge in [0.05, 0.1) is 11.3 Å². The van der Waals surface area contributed by atoms with Crippen LogP contribution in [0.2, 0.25) is 0 Å². The van der Waals surface area contributed by atoms with Crippen LogP contribution in [0.15, 0.2) is 24.3 Å².